The Kier molecular flexibility index (Phi) is 6.15. The average Bonchev–Trinajstić information content (AvgIpc) is 2.42. The van der Waals surface area contributed by atoms with Crippen molar-refractivity contribution in [3.63, 3.8) is 0 Å². The van der Waals surface area contributed by atoms with Gasteiger partial charge in [0.05, 0.1) is 17.7 Å². The molecule has 1 aromatic carbocycles. The first-order chi connectivity index (χ1) is 10.2. The molecule has 0 spiro atoms. The zero-order valence-electron chi connectivity index (χ0n) is 14.2. The van der Waals surface area contributed by atoms with Gasteiger partial charge in [-0.05, 0) is 42.4 Å². The number of esters is 1. The molecule has 0 aliphatic rings. The molecule has 0 unspecified atom stereocenters. The second kappa shape index (κ2) is 7.43. The summed E-state index contributed by atoms with van der Waals surface area (Å²) >= 11 is 0. The maximum atomic E-state index is 12.1. The van der Waals surface area contributed by atoms with Gasteiger partial charge in [-0.1, -0.05) is 40.2 Å². The summed E-state index contributed by atoms with van der Waals surface area (Å²) < 4.78 is 5.00. The summed E-state index contributed by atoms with van der Waals surface area (Å²) in [6.07, 6.45) is 2.50. The summed E-state index contributed by atoms with van der Waals surface area (Å²) in [4.78, 5) is 23.9. The Balaban J connectivity index is 3.57. The Hall–Kier alpha value is -1.84. The molecule has 4 nitrogen and oxygen atoms in total. The van der Waals surface area contributed by atoms with Gasteiger partial charge >= 0.3 is 11.9 Å². The van der Waals surface area contributed by atoms with Gasteiger partial charge in [-0.15, -0.1) is 0 Å². The highest BCUT2D eigenvalue weighted by Gasteiger charge is 2.27. The topological polar surface area (TPSA) is 63.6 Å². The minimum atomic E-state index is -1.07. The fourth-order valence-electron chi connectivity index (χ4n) is 2.59. The van der Waals surface area contributed by atoms with Crippen molar-refractivity contribution in [3.05, 3.63) is 34.4 Å². The molecule has 0 saturated carbocycles. The number of carboxylic acids is 1. The Labute approximate surface area is 132 Å². The van der Waals surface area contributed by atoms with Gasteiger partial charge in [0.1, 0.15) is 0 Å². The number of aromatic carboxylic acids is 1. The van der Waals surface area contributed by atoms with Crippen molar-refractivity contribution >= 4 is 11.9 Å². The van der Waals surface area contributed by atoms with Gasteiger partial charge in [0.25, 0.3) is 0 Å². The maximum Gasteiger partial charge on any atom is 0.339 e. The van der Waals surface area contributed by atoms with E-state index in [1.165, 1.54) is 0 Å². The van der Waals surface area contributed by atoms with E-state index in [9.17, 15) is 14.7 Å². The molecule has 1 aromatic rings. The van der Waals surface area contributed by atoms with Crippen LogP contribution in [0.5, 0.6) is 0 Å². The van der Waals surface area contributed by atoms with E-state index < -0.39 is 11.9 Å². The number of carbonyl (C=O) groups excluding carboxylic acids is 1. The van der Waals surface area contributed by atoms with Crippen LogP contribution in [0.1, 0.15) is 79.3 Å². The summed E-state index contributed by atoms with van der Waals surface area (Å²) in [5, 5.41) is 9.65. The van der Waals surface area contributed by atoms with Crippen LogP contribution < -0.4 is 0 Å². The molecule has 4 heteroatoms. The lowest BCUT2D eigenvalue weighted by molar-refractivity contribution is 0.0514. The minimum Gasteiger partial charge on any atom is -0.478 e. The monoisotopic (exact) mass is 306 g/mol. The lowest BCUT2D eigenvalue weighted by Crippen LogP contribution is -2.21. The second-order valence-electron chi connectivity index (χ2n) is 6.39. The molecule has 0 heterocycles. The first-order valence-electron chi connectivity index (χ1n) is 7.80. The first-order valence-corrected chi connectivity index (χ1v) is 7.80. The van der Waals surface area contributed by atoms with Crippen molar-refractivity contribution in [2.75, 3.05) is 6.61 Å². The van der Waals surface area contributed by atoms with Crippen LogP contribution in [-0.4, -0.2) is 23.7 Å². The normalized spacial score (nSPS) is 11.3. The molecule has 0 amide bonds. The molecule has 122 valence electrons. The lowest BCUT2D eigenvalue weighted by atomic mass is 9.79. The smallest absolute Gasteiger partial charge is 0.339 e. The molecule has 0 fully saturated rings. The van der Waals surface area contributed by atoms with E-state index in [4.69, 9.17) is 4.74 Å². The van der Waals surface area contributed by atoms with Crippen molar-refractivity contribution in [2.45, 2.75) is 59.3 Å². The Bertz CT molecular complexity index is 553. The van der Waals surface area contributed by atoms with E-state index in [0.717, 1.165) is 24.0 Å². The van der Waals surface area contributed by atoms with Gasteiger partial charge in [0.2, 0.25) is 0 Å². The molecule has 1 rings (SSSR count). The average molecular weight is 306 g/mol. The number of hydrogen-bond acceptors (Lipinski definition) is 3. The number of hydrogen-bond donors (Lipinski definition) is 1. The molecule has 0 bridgehead atoms. The number of ether oxygens (including phenoxy) is 1. The summed E-state index contributed by atoms with van der Waals surface area (Å²) in [5.74, 6) is -1.64. The van der Waals surface area contributed by atoms with Gasteiger partial charge in [-0.3, -0.25) is 0 Å². The number of carboxylic acid groups (broad SMARTS) is 1. The summed E-state index contributed by atoms with van der Waals surface area (Å²) in [6.45, 7) is 10.1. The molecule has 0 aromatic heterocycles. The van der Waals surface area contributed by atoms with Crippen molar-refractivity contribution in [2.24, 2.45) is 0 Å². The van der Waals surface area contributed by atoms with Crippen molar-refractivity contribution in [1.82, 2.24) is 0 Å². The van der Waals surface area contributed by atoms with E-state index in [-0.39, 0.29) is 23.1 Å². The predicted octanol–water partition coefficient (Wildman–Crippen LogP) is 4.20. The molecule has 0 aliphatic carbocycles. The van der Waals surface area contributed by atoms with Crippen LogP contribution in [0, 0.1) is 0 Å². The van der Waals surface area contributed by atoms with E-state index >= 15 is 0 Å². The molecule has 0 aliphatic heterocycles. The van der Waals surface area contributed by atoms with Gasteiger partial charge in [0, 0.05) is 0 Å². The standard InChI is InChI=1S/C18H26O4/c1-6-8-9-12-14(18(3,4)5)11-10-13(15(12)16(19)20)17(21)22-7-2/h10-11H,6-9H2,1-5H3,(H,19,20). The highest BCUT2D eigenvalue weighted by molar-refractivity contribution is 6.03. The number of benzene rings is 1. The van der Waals surface area contributed by atoms with Crippen molar-refractivity contribution in [3.8, 4) is 0 Å². The third kappa shape index (κ3) is 4.09. The van der Waals surface area contributed by atoms with Crippen LogP contribution >= 0.6 is 0 Å². The van der Waals surface area contributed by atoms with E-state index in [2.05, 4.69) is 6.92 Å². The largest absolute Gasteiger partial charge is 0.478 e. The second-order valence-corrected chi connectivity index (χ2v) is 6.39. The molecule has 22 heavy (non-hydrogen) atoms. The molecule has 0 radical (unpaired) electrons. The highest BCUT2D eigenvalue weighted by atomic mass is 16.5. The summed E-state index contributed by atoms with van der Waals surface area (Å²) in [7, 11) is 0. The summed E-state index contributed by atoms with van der Waals surface area (Å²) in [5.41, 5.74) is 1.80. The van der Waals surface area contributed by atoms with Gasteiger partial charge in [-0.2, -0.15) is 0 Å². The molecule has 0 saturated heterocycles. The zero-order valence-corrected chi connectivity index (χ0v) is 14.2. The minimum absolute atomic E-state index is 0.0966. The van der Waals surface area contributed by atoms with Crippen molar-refractivity contribution < 1.29 is 19.4 Å². The molecular weight excluding hydrogens is 280 g/mol. The Morgan fingerprint density at radius 2 is 1.82 bits per heavy atom. The Morgan fingerprint density at radius 1 is 1.18 bits per heavy atom. The predicted molar refractivity (Wildman–Crippen MR) is 86.7 cm³/mol. The lowest BCUT2D eigenvalue weighted by Gasteiger charge is -2.25. The molecule has 0 atom stereocenters. The van der Waals surface area contributed by atoms with Crippen LogP contribution in [0.25, 0.3) is 0 Å². The maximum absolute atomic E-state index is 12.1. The van der Waals surface area contributed by atoms with Crippen LogP contribution in [0.3, 0.4) is 0 Å². The summed E-state index contributed by atoms with van der Waals surface area (Å²) in [6, 6.07) is 3.45. The van der Waals surface area contributed by atoms with Gasteiger partial charge < -0.3 is 9.84 Å². The van der Waals surface area contributed by atoms with E-state index in [1.54, 1.807) is 13.0 Å². The zero-order chi connectivity index (χ0) is 16.9. The number of carbonyl (C=O) groups is 2. The third-order valence-electron chi connectivity index (χ3n) is 3.61. The number of unbranched alkanes of at least 4 members (excludes halogenated alkanes) is 1. The van der Waals surface area contributed by atoms with Gasteiger partial charge in [0.15, 0.2) is 0 Å². The third-order valence-corrected chi connectivity index (χ3v) is 3.61. The fraction of sp³-hybridized carbons (Fsp3) is 0.556. The first kappa shape index (κ1) is 18.2. The Morgan fingerprint density at radius 3 is 2.27 bits per heavy atom. The van der Waals surface area contributed by atoms with Gasteiger partial charge in [-0.25, -0.2) is 9.59 Å². The van der Waals surface area contributed by atoms with Crippen molar-refractivity contribution in [1.29, 1.82) is 0 Å². The quantitative estimate of drug-likeness (QED) is 0.800. The molecular formula is C18H26O4. The van der Waals surface area contributed by atoms with Crippen LogP contribution in [-0.2, 0) is 16.6 Å². The fourth-order valence-corrected chi connectivity index (χ4v) is 2.59. The van der Waals surface area contributed by atoms with E-state index in [0.29, 0.717) is 6.42 Å². The van der Waals surface area contributed by atoms with Crippen LogP contribution in [0.4, 0.5) is 0 Å². The van der Waals surface area contributed by atoms with Crippen LogP contribution in [0.15, 0.2) is 12.1 Å². The van der Waals surface area contributed by atoms with E-state index in [1.807, 2.05) is 26.8 Å². The molecule has 1 N–H and O–H groups in total. The SMILES string of the molecule is CCCCc1c(C(C)(C)C)ccc(C(=O)OCC)c1C(=O)O. The van der Waals surface area contributed by atoms with Crippen LogP contribution in [0.2, 0.25) is 0 Å². The number of rotatable bonds is 6. The highest BCUT2D eigenvalue weighted by Crippen LogP contribution is 2.31.